The molecule has 31 heavy (non-hydrogen) atoms. The van der Waals surface area contributed by atoms with E-state index in [4.69, 9.17) is 11.6 Å². The molecule has 1 heterocycles. The van der Waals surface area contributed by atoms with Gasteiger partial charge in [-0.15, -0.1) is 0 Å². The first-order valence-electron chi connectivity index (χ1n) is 10.3. The van der Waals surface area contributed by atoms with E-state index in [1.807, 2.05) is 42.6 Å². The summed E-state index contributed by atoms with van der Waals surface area (Å²) in [7, 11) is 0. The minimum Gasteiger partial charge on any atom is -0.345 e. The van der Waals surface area contributed by atoms with E-state index in [0.717, 1.165) is 24.1 Å². The Morgan fingerprint density at radius 1 is 1.16 bits per heavy atom. The molecule has 6 nitrogen and oxygen atoms in total. The van der Waals surface area contributed by atoms with E-state index in [1.165, 1.54) is 6.07 Å². The quantitative estimate of drug-likeness (QED) is 0.310. The van der Waals surface area contributed by atoms with Gasteiger partial charge < -0.3 is 9.47 Å². The Labute approximate surface area is 187 Å². The largest absolute Gasteiger partial charge is 0.345 e. The Bertz CT molecular complexity index is 1080. The summed E-state index contributed by atoms with van der Waals surface area (Å²) in [6.45, 7) is 5.34. The number of carbonyl (C=O) groups excluding carboxylic acids is 1. The van der Waals surface area contributed by atoms with Crippen LogP contribution >= 0.6 is 11.6 Å². The van der Waals surface area contributed by atoms with E-state index in [1.54, 1.807) is 24.0 Å². The number of halogens is 1. The highest BCUT2D eigenvalue weighted by molar-refractivity contribution is 6.31. The molecule has 162 valence electrons. The van der Waals surface area contributed by atoms with Crippen LogP contribution in [-0.2, 0) is 13.1 Å². The van der Waals surface area contributed by atoms with Crippen LogP contribution in [0.25, 0.3) is 0 Å². The first-order chi connectivity index (χ1) is 14.9. The van der Waals surface area contributed by atoms with Crippen LogP contribution in [0.15, 0.2) is 60.8 Å². The second kappa shape index (κ2) is 10.3. The van der Waals surface area contributed by atoms with Gasteiger partial charge in [-0.05, 0) is 43.2 Å². The zero-order valence-corrected chi connectivity index (χ0v) is 18.5. The molecule has 0 atom stereocenters. The number of unbranched alkanes of at least 4 members (excludes halogenated alkanes) is 1. The summed E-state index contributed by atoms with van der Waals surface area (Å²) in [6.07, 6.45) is 3.77. The third kappa shape index (κ3) is 5.52. The Morgan fingerprint density at radius 2 is 1.94 bits per heavy atom. The molecule has 3 rings (SSSR count). The number of nitrogens with zero attached hydrogens (tertiary/aromatic N) is 3. The second-order valence-electron chi connectivity index (χ2n) is 7.56. The molecule has 0 saturated heterocycles. The number of aryl methyl sites for hydroxylation is 1. The Morgan fingerprint density at radius 3 is 2.65 bits per heavy atom. The molecule has 7 heteroatoms. The topological polar surface area (TPSA) is 68.4 Å². The summed E-state index contributed by atoms with van der Waals surface area (Å²) in [5, 5.41) is 12.0. The van der Waals surface area contributed by atoms with Crippen LogP contribution in [0, 0.1) is 17.0 Å². The van der Waals surface area contributed by atoms with Gasteiger partial charge in [-0.25, -0.2) is 0 Å². The maximum Gasteiger partial charge on any atom is 0.273 e. The molecule has 2 aromatic carbocycles. The van der Waals surface area contributed by atoms with Gasteiger partial charge >= 0.3 is 0 Å². The average Bonchev–Trinajstić information content (AvgIpc) is 3.19. The van der Waals surface area contributed by atoms with Crippen LogP contribution in [0.4, 0.5) is 5.69 Å². The normalized spacial score (nSPS) is 10.8. The Hall–Kier alpha value is -3.12. The van der Waals surface area contributed by atoms with Gasteiger partial charge in [-0.2, -0.15) is 0 Å². The number of hydrogen-bond acceptors (Lipinski definition) is 3. The minimum absolute atomic E-state index is 0.0385. The standard InChI is InChI=1S/C24H26ClN3O3/c1-3-4-13-27(24(29)19-12-11-18(2)23(15-19)28(30)31)17-21-9-7-14-26(21)16-20-8-5-6-10-22(20)25/h5-12,14-15H,3-4,13,16-17H2,1-2H3. The van der Waals surface area contributed by atoms with E-state index in [2.05, 4.69) is 11.5 Å². The maximum atomic E-state index is 13.3. The fraction of sp³-hybridized carbons (Fsp3) is 0.292. The lowest BCUT2D eigenvalue weighted by molar-refractivity contribution is -0.385. The van der Waals surface area contributed by atoms with Crippen molar-refractivity contribution < 1.29 is 9.72 Å². The lowest BCUT2D eigenvalue weighted by atomic mass is 10.1. The third-order valence-electron chi connectivity index (χ3n) is 5.30. The predicted octanol–water partition coefficient (Wildman–Crippen LogP) is 5.85. The number of aromatic nitrogens is 1. The highest BCUT2D eigenvalue weighted by Gasteiger charge is 2.21. The molecule has 0 aliphatic rings. The summed E-state index contributed by atoms with van der Waals surface area (Å²) in [5.74, 6) is -0.206. The lowest BCUT2D eigenvalue weighted by Gasteiger charge is -2.24. The Kier molecular flexibility index (Phi) is 7.47. The number of nitro benzene ring substituents is 1. The van der Waals surface area contributed by atoms with Gasteiger partial charge in [0.25, 0.3) is 11.6 Å². The van der Waals surface area contributed by atoms with Crippen molar-refractivity contribution in [3.05, 3.63) is 98.3 Å². The van der Waals surface area contributed by atoms with Gasteiger partial charge in [0, 0.05) is 47.2 Å². The smallest absolute Gasteiger partial charge is 0.273 e. The number of nitro groups is 1. The monoisotopic (exact) mass is 439 g/mol. The van der Waals surface area contributed by atoms with Gasteiger partial charge in [-0.1, -0.05) is 49.2 Å². The van der Waals surface area contributed by atoms with Crippen molar-refractivity contribution in [3.63, 3.8) is 0 Å². The summed E-state index contributed by atoms with van der Waals surface area (Å²) in [4.78, 5) is 25.9. The molecule has 0 spiro atoms. The van der Waals surface area contributed by atoms with Crippen LogP contribution in [0.1, 0.15) is 46.9 Å². The van der Waals surface area contributed by atoms with Crippen molar-refractivity contribution in [2.75, 3.05) is 6.54 Å². The number of rotatable bonds is 9. The van der Waals surface area contributed by atoms with Crippen LogP contribution in [0.3, 0.4) is 0 Å². The SMILES string of the molecule is CCCCN(Cc1cccn1Cc1ccccc1Cl)C(=O)c1ccc(C)c([N+](=O)[O-])c1. The summed E-state index contributed by atoms with van der Waals surface area (Å²) in [5.41, 5.74) is 2.81. The predicted molar refractivity (Wildman–Crippen MR) is 122 cm³/mol. The van der Waals surface area contributed by atoms with Crippen LogP contribution in [0.2, 0.25) is 5.02 Å². The first kappa shape index (κ1) is 22.6. The second-order valence-corrected chi connectivity index (χ2v) is 7.96. The molecule has 0 radical (unpaired) electrons. The molecular formula is C24H26ClN3O3. The molecule has 1 amide bonds. The van der Waals surface area contributed by atoms with E-state index in [9.17, 15) is 14.9 Å². The van der Waals surface area contributed by atoms with Crippen LogP contribution < -0.4 is 0 Å². The number of benzene rings is 2. The van der Waals surface area contributed by atoms with Gasteiger partial charge in [0.15, 0.2) is 0 Å². The third-order valence-corrected chi connectivity index (χ3v) is 5.67. The summed E-state index contributed by atoms with van der Waals surface area (Å²) >= 11 is 6.32. The highest BCUT2D eigenvalue weighted by atomic mass is 35.5. The highest BCUT2D eigenvalue weighted by Crippen LogP contribution is 2.22. The molecule has 0 bridgehead atoms. The summed E-state index contributed by atoms with van der Waals surface area (Å²) in [6, 6.07) is 16.3. The van der Waals surface area contributed by atoms with Gasteiger partial charge in [0.05, 0.1) is 11.5 Å². The van der Waals surface area contributed by atoms with Crippen molar-refractivity contribution in [2.24, 2.45) is 0 Å². The van der Waals surface area contributed by atoms with Crippen LogP contribution in [-0.4, -0.2) is 26.8 Å². The van der Waals surface area contributed by atoms with Gasteiger partial charge in [0.1, 0.15) is 0 Å². The molecule has 0 unspecified atom stereocenters. The van der Waals surface area contributed by atoms with Crippen molar-refractivity contribution >= 4 is 23.2 Å². The fourth-order valence-electron chi connectivity index (χ4n) is 3.48. The minimum atomic E-state index is -0.447. The lowest BCUT2D eigenvalue weighted by Crippen LogP contribution is -2.32. The zero-order valence-electron chi connectivity index (χ0n) is 17.8. The molecule has 0 fully saturated rings. The van der Waals surface area contributed by atoms with Crippen molar-refractivity contribution in [3.8, 4) is 0 Å². The zero-order chi connectivity index (χ0) is 22.4. The molecule has 0 aliphatic heterocycles. The van der Waals surface area contributed by atoms with E-state index < -0.39 is 4.92 Å². The fourth-order valence-corrected chi connectivity index (χ4v) is 3.67. The molecule has 3 aromatic rings. The van der Waals surface area contributed by atoms with Crippen molar-refractivity contribution in [1.82, 2.24) is 9.47 Å². The average molecular weight is 440 g/mol. The van der Waals surface area contributed by atoms with Gasteiger partial charge in [-0.3, -0.25) is 14.9 Å². The maximum absolute atomic E-state index is 13.3. The molecule has 0 saturated carbocycles. The van der Waals surface area contributed by atoms with E-state index in [-0.39, 0.29) is 11.6 Å². The van der Waals surface area contributed by atoms with Crippen molar-refractivity contribution in [1.29, 1.82) is 0 Å². The molecular weight excluding hydrogens is 414 g/mol. The molecule has 1 aromatic heterocycles. The molecule has 0 aliphatic carbocycles. The Balaban J connectivity index is 1.85. The van der Waals surface area contributed by atoms with Crippen molar-refractivity contribution in [2.45, 2.75) is 39.8 Å². The van der Waals surface area contributed by atoms with Gasteiger partial charge in [0.2, 0.25) is 0 Å². The van der Waals surface area contributed by atoms with E-state index in [0.29, 0.717) is 35.8 Å². The first-order valence-corrected chi connectivity index (χ1v) is 10.7. The number of carbonyl (C=O) groups is 1. The van der Waals surface area contributed by atoms with Crippen LogP contribution in [0.5, 0.6) is 0 Å². The van der Waals surface area contributed by atoms with E-state index >= 15 is 0 Å². The summed E-state index contributed by atoms with van der Waals surface area (Å²) < 4.78 is 2.07. The number of hydrogen-bond donors (Lipinski definition) is 0. The molecule has 0 N–H and O–H groups in total. The number of amides is 1.